The van der Waals surface area contributed by atoms with Crippen LogP contribution in [0.2, 0.25) is 0 Å². The molecule has 114 valence electrons. The Morgan fingerprint density at radius 1 is 1.19 bits per heavy atom. The smallest absolute Gasteiger partial charge is 0.233 e. The molecule has 1 aliphatic rings. The molecule has 0 atom stereocenters. The third-order valence-corrected chi connectivity index (χ3v) is 2.86. The lowest BCUT2D eigenvalue weighted by molar-refractivity contribution is -0.126. The van der Waals surface area contributed by atoms with Gasteiger partial charge in [0.25, 0.3) is 0 Å². The van der Waals surface area contributed by atoms with Crippen molar-refractivity contribution in [2.45, 2.75) is 6.42 Å². The Kier molecular flexibility index (Phi) is 4.99. The van der Waals surface area contributed by atoms with E-state index < -0.39 is 0 Å². The van der Waals surface area contributed by atoms with Gasteiger partial charge in [0.05, 0.1) is 0 Å². The van der Waals surface area contributed by atoms with Crippen molar-refractivity contribution in [1.29, 1.82) is 0 Å². The molecule has 1 aromatic rings. The number of hydrogen-bond donors (Lipinski definition) is 2. The van der Waals surface area contributed by atoms with Crippen LogP contribution in [0.5, 0.6) is 11.5 Å². The topological polar surface area (TPSA) is 79.9 Å². The van der Waals surface area contributed by atoms with E-state index in [1.807, 2.05) is 19.0 Å². The second-order valence-electron chi connectivity index (χ2n) is 4.95. The van der Waals surface area contributed by atoms with Gasteiger partial charge in [0, 0.05) is 24.8 Å². The molecule has 21 heavy (non-hydrogen) atoms. The van der Waals surface area contributed by atoms with E-state index in [9.17, 15) is 9.59 Å². The Labute approximate surface area is 123 Å². The van der Waals surface area contributed by atoms with Crippen molar-refractivity contribution in [3.05, 3.63) is 18.2 Å². The number of hydrogen-bond acceptors (Lipinski definition) is 5. The van der Waals surface area contributed by atoms with Crippen LogP contribution in [-0.2, 0) is 9.59 Å². The van der Waals surface area contributed by atoms with E-state index in [1.54, 1.807) is 18.2 Å². The van der Waals surface area contributed by atoms with Gasteiger partial charge in [-0.05, 0) is 26.2 Å². The summed E-state index contributed by atoms with van der Waals surface area (Å²) in [6.07, 6.45) is -0.206. The predicted molar refractivity (Wildman–Crippen MR) is 77.4 cm³/mol. The molecular formula is C14H19N3O4. The van der Waals surface area contributed by atoms with Gasteiger partial charge in [0.2, 0.25) is 18.6 Å². The number of amides is 2. The molecule has 1 heterocycles. The lowest BCUT2D eigenvalue weighted by Gasteiger charge is -2.10. The first-order chi connectivity index (χ1) is 10.0. The monoisotopic (exact) mass is 293 g/mol. The van der Waals surface area contributed by atoms with Crippen molar-refractivity contribution in [1.82, 2.24) is 10.2 Å². The van der Waals surface area contributed by atoms with Crippen molar-refractivity contribution in [2.24, 2.45) is 0 Å². The molecule has 0 radical (unpaired) electrons. The minimum atomic E-state index is -0.365. The van der Waals surface area contributed by atoms with Crippen molar-refractivity contribution in [3.63, 3.8) is 0 Å². The van der Waals surface area contributed by atoms with Gasteiger partial charge in [-0.25, -0.2) is 0 Å². The fraction of sp³-hybridized carbons (Fsp3) is 0.429. The van der Waals surface area contributed by atoms with E-state index in [1.165, 1.54) is 0 Å². The minimum Gasteiger partial charge on any atom is -0.454 e. The quantitative estimate of drug-likeness (QED) is 0.743. The SMILES string of the molecule is CN(C)CCNC(=O)CC(=O)Nc1ccc2c(c1)OCO2. The highest BCUT2D eigenvalue weighted by Crippen LogP contribution is 2.34. The third-order valence-electron chi connectivity index (χ3n) is 2.86. The molecular weight excluding hydrogens is 274 g/mol. The summed E-state index contributed by atoms with van der Waals surface area (Å²) in [5, 5.41) is 5.34. The Morgan fingerprint density at radius 3 is 2.71 bits per heavy atom. The van der Waals surface area contributed by atoms with Crippen LogP contribution in [0.4, 0.5) is 5.69 Å². The molecule has 1 aliphatic heterocycles. The fourth-order valence-corrected chi connectivity index (χ4v) is 1.81. The molecule has 7 heteroatoms. The molecule has 2 amide bonds. The summed E-state index contributed by atoms with van der Waals surface area (Å²) in [7, 11) is 3.83. The zero-order valence-corrected chi connectivity index (χ0v) is 12.1. The number of anilines is 1. The van der Waals surface area contributed by atoms with Crippen LogP contribution in [-0.4, -0.2) is 50.7 Å². The Bertz CT molecular complexity index is 531. The molecule has 0 spiro atoms. The molecule has 0 saturated carbocycles. The van der Waals surface area contributed by atoms with Crippen molar-refractivity contribution in [3.8, 4) is 11.5 Å². The van der Waals surface area contributed by atoms with Crippen LogP contribution in [0.3, 0.4) is 0 Å². The lowest BCUT2D eigenvalue weighted by Crippen LogP contribution is -2.33. The molecule has 0 aromatic heterocycles. The highest BCUT2D eigenvalue weighted by atomic mass is 16.7. The number of nitrogens with zero attached hydrogens (tertiary/aromatic N) is 1. The standard InChI is InChI=1S/C14H19N3O4/c1-17(2)6-5-15-13(18)8-14(19)16-10-3-4-11-12(7-10)21-9-20-11/h3-4,7H,5-6,8-9H2,1-2H3,(H,15,18)(H,16,19). The van der Waals surface area contributed by atoms with Gasteiger partial charge in [0.1, 0.15) is 6.42 Å². The van der Waals surface area contributed by atoms with E-state index in [2.05, 4.69) is 10.6 Å². The number of rotatable bonds is 6. The third kappa shape index (κ3) is 4.64. The van der Waals surface area contributed by atoms with Crippen LogP contribution >= 0.6 is 0 Å². The molecule has 0 saturated heterocycles. The van der Waals surface area contributed by atoms with Crippen LogP contribution in [0.25, 0.3) is 0 Å². The van der Waals surface area contributed by atoms with Crippen LogP contribution in [0, 0.1) is 0 Å². The Balaban J connectivity index is 1.77. The van der Waals surface area contributed by atoms with E-state index in [-0.39, 0.29) is 25.0 Å². The Morgan fingerprint density at radius 2 is 1.95 bits per heavy atom. The average Bonchev–Trinajstić information content (AvgIpc) is 2.85. The molecule has 0 fully saturated rings. The maximum Gasteiger partial charge on any atom is 0.233 e. The van der Waals surface area contributed by atoms with Gasteiger partial charge in [-0.2, -0.15) is 0 Å². The molecule has 0 aliphatic carbocycles. The van der Waals surface area contributed by atoms with Gasteiger partial charge in [0.15, 0.2) is 11.5 Å². The van der Waals surface area contributed by atoms with Gasteiger partial charge in [-0.1, -0.05) is 0 Å². The number of carbonyl (C=O) groups excluding carboxylic acids is 2. The molecule has 2 rings (SSSR count). The molecule has 0 unspecified atom stereocenters. The second-order valence-corrected chi connectivity index (χ2v) is 4.95. The van der Waals surface area contributed by atoms with Crippen molar-refractivity contribution < 1.29 is 19.1 Å². The summed E-state index contributed by atoms with van der Waals surface area (Å²) in [6.45, 7) is 1.43. The number of ether oxygens (including phenoxy) is 2. The second kappa shape index (κ2) is 6.94. The normalized spacial score (nSPS) is 12.3. The molecule has 2 N–H and O–H groups in total. The van der Waals surface area contributed by atoms with E-state index >= 15 is 0 Å². The average molecular weight is 293 g/mol. The first-order valence-corrected chi connectivity index (χ1v) is 6.65. The predicted octanol–water partition coefficient (Wildman–Crippen LogP) is 0.422. The van der Waals surface area contributed by atoms with Crippen LogP contribution in [0.15, 0.2) is 18.2 Å². The van der Waals surface area contributed by atoms with Gasteiger partial charge >= 0.3 is 0 Å². The van der Waals surface area contributed by atoms with Crippen LogP contribution < -0.4 is 20.1 Å². The summed E-state index contributed by atoms with van der Waals surface area (Å²) in [5.74, 6) is 0.573. The van der Waals surface area contributed by atoms with Gasteiger partial charge < -0.3 is 25.0 Å². The van der Waals surface area contributed by atoms with Crippen molar-refractivity contribution >= 4 is 17.5 Å². The number of nitrogens with one attached hydrogen (secondary N) is 2. The highest BCUT2D eigenvalue weighted by molar-refractivity contribution is 6.03. The maximum atomic E-state index is 11.8. The minimum absolute atomic E-state index is 0.182. The maximum absolute atomic E-state index is 11.8. The van der Waals surface area contributed by atoms with Crippen molar-refractivity contribution in [2.75, 3.05) is 39.3 Å². The summed E-state index contributed by atoms with van der Waals surface area (Å²) in [4.78, 5) is 25.3. The van der Waals surface area contributed by atoms with E-state index in [4.69, 9.17) is 9.47 Å². The summed E-state index contributed by atoms with van der Waals surface area (Å²) >= 11 is 0. The molecule has 1 aromatic carbocycles. The summed E-state index contributed by atoms with van der Waals surface area (Å²) in [6, 6.07) is 5.09. The summed E-state index contributed by atoms with van der Waals surface area (Å²) < 4.78 is 10.4. The number of fused-ring (bicyclic) bond motifs is 1. The van der Waals surface area contributed by atoms with Gasteiger partial charge in [-0.15, -0.1) is 0 Å². The highest BCUT2D eigenvalue weighted by Gasteiger charge is 2.15. The number of benzene rings is 1. The molecule has 0 bridgehead atoms. The van der Waals surface area contributed by atoms with Crippen LogP contribution in [0.1, 0.15) is 6.42 Å². The zero-order valence-electron chi connectivity index (χ0n) is 12.1. The lowest BCUT2D eigenvalue weighted by atomic mass is 10.2. The zero-order chi connectivity index (χ0) is 15.2. The van der Waals surface area contributed by atoms with Gasteiger partial charge in [-0.3, -0.25) is 9.59 Å². The van der Waals surface area contributed by atoms with E-state index in [0.29, 0.717) is 23.7 Å². The fourth-order valence-electron chi connectivity index (χ4n) is 1.81. The first-order valence-electron chi connectivity index (χ1n) is 6.65. The molecule has 7 nitrogen and oxygen atoms in total. The largest absolute Gasteiger partial charge is 0.454 e. The first kappa shape index (κ1) is 15.1. The number of likely N-dealkylation sites (N-methyl/N-ethyl adjacent to an activating group) is 1. The summed E-state index contributed by atoms with van der Waals surface area (Å²) in [5.41, 5.74) is 0.574. The Hall–Kier alpha value is -2.28. The number of carbonyl (C=O) groups is 2. The van der Waals surface area contributed by atoms with E-state index in [0.717, 1.165) is 6.54 Å².